The fourth-order valence-electron chi connectivity index (χ4n) is 2.33. The average molecular weight is 383 g/mol. The van der Waals surface area contributed by atoms with Gasteiger partial charge in [0.05, 0.1) is 17.1 Å². The molecule has 1 aliphatic rings. The Bertz CT molecular complexity index is 793. The van der Waals surface area contributed by atoms with Crippen LogP contribution in [0.4, 0.5) is 4.39 Å². The minimum Gasteiger partial charge on any atom is -0.286 e. The predicted octanol–water partition coefficient (Wildman–Crippen LogP) is 4.88. The highest BCUT2D eigenvalue weighted by molar-refractivity contribution is 8.13. The molecule has 0 N–H and O–H groups in total. The first-order valence-electron chi connectivity index (χ1n) is 7.24. The van der Waals surface area contributed by atoms with Crippen LogP contribution in [-0.2, 0) is 5.75 Å². The lowest BCUT2D eigenvalue weighted by atomic mass is 10.2. The number of thioether (sulfide) groups is 1. The standard InChI is InChI=1S/C17H13Cl2FN2OS/c18-13-5-2-1-4-11(13)16(23)22-9-8-21-17(22)24-10-12-14(19)6-3-7-15(12)20/h1-7H,8-10H2. The van der Waals surface area contributed by atoms with Crippen molar-refractivity contribution in [3.05, 3.63) is 69.5 Å². The van der Waals surface area contributed by atoms with Crippen molar-refractivity contribution in [2.75, 3.05) is 13.1 Å². The molecule has 124 valence electrons. The summed E-state index contributed by atoms with van der Waals surface area (Å²) >= 11 is 13.4. The van der Waals surface area contributed by atoms with Gasteiger partial charge in [-0.05, 0) is 24.3 Å². The Morgan fingerprint density at radius 1 is 1.17 bits per heavy atom. The molecule has 2 aromatic rings. The number of halogens is 3. The van der Waals surface area contributed by atoms with E-state index in [0.717, 1.165) is 0 Å². The van der Waals surface area contributed by atoms with Gasteiger partial charge in [0.15, 0.2) is 5.17 Å². The van der Waals surface area contributed by atoms with Gasteiger partial charge in [-0.15, -0.1) is 0 Å². The minimum atomic E-state index is -0.363. The summed E-state index contributed by atoms with van der Waals surface area (Å²) in [7, 11) is 0. The number of rotatable bonds is 3. The lowest BCUT2D eigenvalue weighted by Crippen LogP contribution is -2.33. The van der Waals surface area contributed by atoms with E-state index >= 15 is 0 Å². The van der Waals surface area contributed by atoms with Gasteiger partial charge in [0.2, 0.25) is 0 Å². The van der Waals surface area contributed by atoms with Crippen molar-refractivity contribution in [3.63, 3.8) is 0 Å². The van der Waals surface area contributed by atoms with Crippen molar-refractivity contribution < 1.29 is 9.18 Å². The molecule has 0 saturated carbocycles. The first kappa shape index (κ1) is 17.3. The van der Waals surface area contributed by atoms with Crippen LogP contribution >= 0.6 is 35.0 Å². The third-order valence-corrected chi connectivity index (χ3v) is 5.28. The third kappa shape index (κ3) is 3.58. The number of carbonyl (C=O) groups excluding carboxylic acids is 1. The zero-order valence-corrected chi connectivity index (χ0v) is 14.8. The van der Waals surface area contributed by atoms with Crippen LogP contribution in [0.5, 0.6) is 0 Å². The second-order valence-corrected chi connectivity index (χ2v) is 6.85. The Kier molecular flexibility index (Phi) is 5.43. The summed E-state index contributed by atoms with van der Waals surface area (Å²) in [6.07, 6.45) is 0. The summed E-state index contributed by atoms with van der Waals surface area (Å²) in [6.45, 7) is 1.00. The summed E-state index contributed by atoms with van der Waals surface area (Å²) in [5, 5.41) is 1.32. The maximum Gasteiger partial charge on any atom is 0.261 e. The molecule has 2 aromatic carbocycles. The Morgan fingerprint density at radius 2 is 1.92 bits per heavy atom. The highest BCUT2D eigenvalue weighted by Crippen LogP contribution is 2.28. The van der Waals surface area contributed by atoms with E-state index in [1.165, 1.54) is 17.8 Å². The second kappa shape index (κ2) is 7.55. The van der Waals surface area contributed by atoms with E-state index in [1.54, 1.807) is 41.3 Å². The summed E-state index contributed by atoms with van der Waals surface area (Å²) < 4.78 is 13.9. The molecule has 0 fully saturated rings. The van der Waals surface area contributed by atoms with Crippen LogP contribution in [0.2, 0.25) is 10.0 Å². The van der Waals surface area contributed by atoms with E-state index in [0.29, 0.717) is 45.2 Å². The fraction of sp³-hybridized carbons (Fsp3) is 0.176. The number of hydrogen-bond donors (Lipinski definition) is 0. The Morgan fingerprint density at radius 3 is 2.67 bits per heavy atom. The SMILES string of the molecule is O=C(c1ccccc1Cl)N1CCN=C1SCc1c(F)cccc1Cl. The van der Waals surface area contributed by atoms with Crippen molar-refractivity contribution in [2.24, 2.45) is 4.99 Å². The topological polar surface area (TPSA) is 32.7 Å². The van der Waals surface area contributed by atoms with E-state index in [9.17, 15) is 9.18 Å². The predicted molar refractivity (Wildman–Crippen MR) is 97.5 cm³/mol. The van der Waals surface area contributed by atoms with E-state index < -0.39 is 0 Å². The van der Waals surface area contributed by atoms with Crippen molar-refractivity contribution in [3.8, 4) is 0 Å². The van der Waals surface area contributed by atoms with Crippen molar-refractivity contribution in [1.82, 2.24) is 4.90 Å². The summed E-state index contributed by atoms with van der Waals surface area (Å²) in [4.78, 5) is 18.6. The molecular weight excluding hydrogens is 370 g/mol. The molecule has 1 heterocycles. The molecule has 0 saturated heterocycles. The molecule has 0 unspecified atom stereocenters. The van der Waals surface area contributed by atoms with Gasteiger partial charge in [0.25, 0.3) is 5.91 Å². The van der Waals surface area contributed by atoms with Gasteiger partial charge in [-0.3, -0.25) is 14.7 Å². The van der Waals surface area contributed by atoms with Crippen molar-refractivity contribution in [2.45, 2.75) is 5.75 Å². The quantitative estimate of drug-likeness (QED) is 0.757. The van der Waals surface area contributed by atoms with Crippen LogP contribution in [0, 0.1) is 5.82 Å². The van der Waals surface area contributed by atoms with Crippen LogP contribution in [-0.4, -0.2) is 29.1 Å². The first-order chi connectivity index (χ1) is 11.6. The lowest BCUT2D eigenvalue weighted by Gasteiger charge is -2.18. The Balaban J connectivity index is 1.75. The molecule has 7 heteroatoms. The number of nitrogens with zero attached hydrogens (tertiary/aromatic N) is 2. The van der Waals surface area contributed by atoms with Gasteiger partial charge in [0, 0.05) is 22.9 Å². The number of amides is 1. The molecule has 0 aliphatic carbocycles. The molecule has 1 aliphatic heterocycles. The zero-order valence-electron chi connectivity index (χ0n) is 12.5. The molecule has 3 nitrogen and oxygen atoms in total. The maximum absolute atomic E-state index is 13.9. The summed E-state index contributed by atoms with van der Waals surface area (Å²) in [5.41, 5.74) is 0.835. The van der Waals surface area contributed by atoms with Crippen molar-refractivity contribution >= 4 is 46.0 Å². The minimum absolute atomic E-state index is 0.205. The molecule has 0 spiro atoms. The number of aliphatic imine (C=N–C) groups is 1. The van der Waals surface area contributed by atoms with E-state index in [4.69, 9.17) is 23.2 Å². The van der Waals surface area contributed by atoms with Gasteiger partial charge in [-0.2, -0.15) is 0 Å². The van der Waals surface area contributed by atoms with E-state index in [2.05, 4.69) is 4.99 Å². The number of hydrogen-bond acceptors (Lipinski definition) is 3. The maximum atomic E-state index is 13.9. The summed E-state index contributed by atoms with van der Waals surface area (Å²) in [6, 6.07) is 11.5. The lowest BCUT2D eigenvalue weighted by molar-refractivity contribution is 0.0861. The van der Waals surface area contributed by atoms with Crippen LogP contribution in [0.1, 0.15) is 15.9 Å². The second-order valence-electron chi connectivity index (χ2n) is 5.09. The molecule has 0 bridgehead atoms. The van der Waals surface area contributed by atoms with Gasteiger partial charge in [0.1, 0.15) is 5.82 Å². The first-order valence-corrected chi connectivity index (χ1v) is 8.98. The van der Waals surface area contributed by atoms with Crippen LogP contribution in [0.25, 0.3) is 0 Å². The Labute approximate surface area is 153 Å². The molecule has 0 aromatic heterocycles. The third-order valence-electron chi connectivity index (χ3n) is 3.56. The van der Waals surface area contributed by atoms with Crippen LogP contribution in [0.15, 0.2) is 47.5 Å². The summed E-state index contributed by atoms with van der Waals surface area (Å²) in [5.74, 6) is -0.266. The Hall–Kier alpha value is -1.56. The van der Waals surface area contributed by atoms with Gasteiger partial charge in [-0.1, -0.05) is 53.2 Å². The molecular formula is C17H13Cl2FN2OS. The van der Waals surface area contributed by atoms with Gasteiger partial charge < -0.3 is 0 Å². The number of benzene rings is 2. The highest BCUT2D eigenvalue weighted by Gasteiger charge is 2.26. The van der Waals surface area contributed by atoms with Crippen molar-refractivity contribution in [1.29, 1.82) is 0 Å². The van der Waals surface area contributed by atoms with Gasteiger partial charge in [-0.25, -0.2) is 4.39 Å². The smallest absolute Gasteiger partial charge is 0.261 e. The molecule has 0 radical (unpaired) electrons. The van der Waals surface area contributed by atoms with Crippen LogP contribution < -0.4 is 0 Å². The average Bonchev–Trinajstić information content (AvgIpc) is 3.03. The largest absolute Gasteiger partial charge is 0.286 e. The van der Waals surface area contributed by atoms with E-state index in [-0.39, 0.29) is 11.7 Å². The zero-order chi connectivity index (χ0) is 17.1. The van der Waals surface area contributed by atoms with Gasteiger partial charge >= 0.3 is 0 Å². The molecule has 1 amide bonds. The van der Waals surface area contributed by atoms with E-state index in [1.807, 2.05) is 0 Å². The molecule has 3 rings (SSSR count). The normalized spacial score (nSPS) is 14.0. The molecule has 0 atom stereocenters. The fourth-order valence-corrected chi connectivity index (χ4v) is 3.93. The number of carbonyl (C=O) groups is 1. The molecule has 24 heavy (non-hydrogen) atoms. The van der Waals surface area contributed by atoms with Crippen LogP contribution in [0.3, 0.4) is 0 Å². The highest BCUT2D eigenvalue weighted by atomic mass is 35.5. The number of amidine groups is 1. The monoisotopic (exact) mass is 382 g/mol.